The van der Waals surface area contributed by atoms with Crippen molar-refractivity contribution in [3.05, 3.63) is 129 Å². The second kappa shape index (κ2) is 16.4. The Kier molecular flexibility index (Phi) is 12.4. The molecule has 0 saturated carbocycles. The zero-order valence-electron chi connectivity index (χ0n) is 27.7. The zero-order chi connectivity index (χ0) is 35.7. The molecule has 0 fully saturated rings. The quantitative estimate of drug-likeness (QED) is 0.113. The molecule has 49 heavy (non-hydrogen) atoms. The molecule has 4 rings (SSSR count). The van der Waals surface area contributed by atoms with Gasteiger partial charge in [-0.05, 0) is 73.9 Å². The van der Waals surface area contributed by atoms with Gasteiger partial charge in [0.25, 0.3) is 15.7 Å². The van der Waals surface area contributed by atoms with Crippen molar-refractivity contribution in [2.45, 2.75) is 57.1 Å². The minimum atomic E-state index is -4.56. The number of nitro groups is 1. The number of hydrogen-bond acceptors (Lipinski definition) is 7. The molecule has 13 heteroatoms. The van der Waals surface area contributed by atoms with Gasteiger partial charge in [-0.1, -0.05) is 67.1 Å². The highest BCUT2D eigenvalue weighted by Gasteiger charge is 2.35. The van der Waals surface area contributed by atoms with Crippen LogP contribution in [0, 0.1) is 17.0 Å². The van der Waals surface area contributed by atoms with Crippen LogP contribution in [-0.4, -0.2) is 55.8 Å². The topological polar surface area (TPSA) is 139 Å². The predicted molar refractivity (Wildman–Crippen MR) is 189 cm³/mol. The van der Waals surface area contributed by atoms with E-state index in [1.54, 1.807) is 36.4 Å². The van der Waals surface area contributed by atoms with E-state index in [0.29, 0.717) is 22.8 Å². The molecule has 0 aliphatic rings. The van der Waals surface area contributed by atoms with Gasteiger partial charge in [0.2, 0.25) is 11.8 Å². The molecule has 2 atom stereocenters. The van der Waals surface area contributed by atoms with E-state index < -0.39 is 39.3 Å². The SMILES string of the molecule is CC[C@@H](C)NC(=O)[C@H](Cc1ccccc1)N(Cc1ccc(Cl)cc1)C(=O)CN(c1ccc(OC)cc1)S(=O)(=O)c1ccc(C)c([N+](=O)[O-])c1. The van der Waals surface area contributed by atoms with Crippen LogP contribution >= 0.6 is 11.6 Å². The number of rotatable bonds is 15. The van der Waals surface area contributed by atoms with E-state index in [2.05, 4.69) is 5.32 Å². The van der Waals surface area contributed by atoms with Gasteiger partial charge >= 0.3 is 0 Å². The Balaban J connectivity index is 1.84. The molecule has 258 valence electrons. The van der Waals surface area contributed by atoms with Crippen LogP contribution in [0.15, 0.2) is 102 Å². The Morgan fingerprint density at radius 3 is 2.20 bits per heavy atom. The molecule has 4 aromatic carbocycles. The Bertz CT molecular complexity index is 1870. The molecule has 2 amide bonds. The number of hydrogen-bond donors (Lipinski definition) is 1. The summed E-state index contributed by atoms with van der Waals surface area (Å²) < 4.78 is 34.8. The summed E-state index contributed by atoms with van der Waals surface area (Å²) in [5.74, 6) is -0.614. The van der Waals surface area contributed by atoms with Crippen molar-refractivity contribution in [3.8, 4) is 5.75 Å². The van der Waals surface area contributed by atoms with Gasteiger partial charge in [-0.25, -0.2) is 8.42 Å². The first-order valence-corrected chi connectivity index (χ1v) is 17.5. The summed E-state index contributed by atoms with van der Waals surface area (Å²) in [6, 6.07) is 24.5. The van der Waals surface area contributed by atoms with E-state index in [4.69, 9.17) is 16.3 Å². The number of amides is 2. The maximum absolute atomic E-state index is 14.6. The third kappa shape index (κ3) is 9.36. The van der Waals surface area contributed by atoms with E-state index in [9.17, 15) is 28.1 Å². The molecule has 0 bridgehead atoms. The van der Waals surface area contributed by atoms with E-state index in [-0.39, 0.29) is 40.8 Å². The first-order chi connectivity index (χ1) is 23.3. The molecule has 0 unspecified atom stereocenters. The van der Waals surface area contributed by atoms with Crippen LogP contribution in [0.2, 0.25) is 5.02 Å². The van der Waals surface area contributed by atoms with Gasteiger partial charge < -0.3 is 15.0 Å². The molecule has 0 aliphatic carbocycles. The molecular weight excluding hydrogens is 668 g/mol. The van der Waals surface area contributed by atoms with E-state index in [1.807, 2.05) is 44.2 Å². The van der Waals surface area contributed by atoms with Gasteiger partial charge in [-0.15, -0.1) is 0 Å². The van der Waals surface area contributed by atoms with Crippen molar-refractivity contribution in [2.75, 3.05) is 18.0 Å². The largest absolute Gasteiger partial charge is 0.497 e. The number of methoxy groups -OCH3 is 1. The fourth-order valence-electron chi connectivity index (χ4n) is 5.13. The summed E-state index contributed by atoms with van der Waals surface area (Å²) in [6.45, 7) is 4.55. The second-order valence-corrected chi connectivity index (χ2v) is 13.9. The van der Waals surface area contributed by atoms with Crippen molar-refractivity contribution >= 4 is 44.8 Å². The van der Waals surface area contributed by atoms with E-state index in [1.165, 1.54) is 43.2 Å². The average molecular weight is 707 g/mol. The molecule has 0 aliphatic heterocycles. The molecule has 1 N–H and O–H groups in total. The van der Waals surface area contributed by atoms with Crippen LogP contribution in [0.3, 0.4) is 0 Å². The highest BCUT2D eigenvalue weighted by molar-refractivity contribution is 7.92. The Hall–Kier alpha value is -4.94. The fourth-order valence-corrected chi connectivity index (χ4v) is 6.69. The third-order valence-corrected chi connectivity index (χ3v) is 10.2. The van der Waals surface area contributed by atoms with Crippen molar-refractivity contribution in [2.24, 2.45) is 0 Å². The maximum Gasteiger partial charge on any atom is 0.273 e. The summed E-state index contributed by atoms with van der Waals surface area (Å²) in [5.41, 5.74) is 1.48. The summed E-state index contributed by atoms with van der Waals surface area (Å²) in [6.07, 6.45) is 0.809. The molecule has 4 aromatic rings. The molecular formula is C36H39ClN4O7S. The third-order valence-electron chi connectivity index (χ3n) is 8.14. The Labute approximate surface area is 291 Å². The van der Waals surface area contributed by atoms with Gasteiger partial charge in [0.1, 0.15) is 18.3 Å². The first kappa shape index (κ1) is 36.9. The summed E-state index contributed by atoms with van der Waals surface area (Å²) >= 11 is 6.14. The normalized spacial score (nSPS) is 12.4. The van der Waals surface area contributed by atoms with Crippen LogP contribution in [0.1, 0.15) is 37.0 Å². The van der Waals surface area contributed by atoms with Crippen LogP contribution in [-0.2, 0) is 32.6 Å². The highest BCUT2D eigenvalue weighted by atomic mass is 35.5. The monoisotopic (exact) mass is 706 g/mol. The molecule has 0 spiro atoms. The molecule has 0 saturated heterocycles. The smallest absolute Gasteiger partial charge is 0.273 e. The number of nitrogens with zero attached hydrogens (tertiary/aromatic N) is 3. The number of halogens is 1. The Morgan fingerprint density at radius 2 is 1.61 bits per heavy atom. The van der Waals surface area contributed by atoms with Gasteiger partial charge in [-0.2, -0.15) is 0 Å². The maximum atomic E-state index is 14.6. The van der Waals surface area contributed by atoms with Crippen molar-refractivity contribution in [1.29, 1.82) is 0 Å². The standard InChI is InChI=1S/C36H39ClN4O7S/c1-5-26(3)38-36(43)34(21-27-9-7-6-8-10-27)39(23-28-12-14-29(37)15-13-28)35(42)24-40(30-16-18-31(48-4)19-17-30)49(46,47)32-20-11-25(2)33(22-32)41(44)45/h6-20,22,26,34H,5,21,23-24H2,1-4H3,(H,38,43)/t26-,34+/m1/s1. The van der Waals surface area contributed by atoms with Crippen LogP contribution < -0.4 is 14.4 Å². The average Bonchev–Trinajstić information content (AvgIpc) is 3.09. The second-order valence-electron chi connectivity index (χ2n) is 11.6. The number of anilines is 1. The van der Waals surface area contributed by atoms with E-state index >= 15 is 0 Å². The number of carbonyl (C=O) groups excluding carboxylic acids is 2. The van der Waals surface area contributed by atoms with Crippen molar-refractivity contribution in [3.63, 3.8) is 0 Å². The number of benzene rings is 4. The molecule has 0 aromatic heterocycles. The summed E-state index contributed by atoms with van der Waals surface area (Å²) in [7, 11) is -3.10. The lowest BCUT2D eigenvalue weighted by Gasteiger charge is -2.34. The zero-order valence-corrected chi connectivity index (χ0v) is 29.3. The number of carbonyl (C=O) groups is 2. The number of sulfonamides is 1. The van der Waals surface area contributed by atoms with E-state index in [0.717, 1.165) is 15.9 Å². The van der Waals surface area contributed by atoms with Gasteiger partial charge in [0.05, 0.1) is 22.6 Å². The predicted octanol–water partition coefficient (Wildman–Crippen LogP) is 6.32. The van der Waals surface area contributed by atoms with Crippen LogP contribution in [0.25, 0.3) is 0 Å². The summed E-state index contributed by atoms with van der Waals surface area (Å²) in [4.78, 5) is 40.6. The Morgan fingerprint density at radius 1 is 0.959 bits per heavy atom. The van der Waals surface area contributed by atoms with Gasteiger partial charge in [-0.3, -0.25) is 24.0 Å². The number of nitrogens with one attached hydrogen (secondary N) is 1. The number of aryl methyl sites for hydroxylation is 1. The lowest BCUT2D eigenvalue weighted by molar-refractivity contribution is -0.385. The highest BCUT2D eigenvalue weighted by Crippen LogP contribution is 2.30. The van der Waals surface area contributed by atoms with Gasteiger partial charge in [0, 0.05) is 35.7 Å². The minimum Gasteiger partial charge on any atom is -0.497 e. The molecule has 0 heterocycles. The lowest BCUT2D eigenvalue weighted by Crippen LogP contribution is -2.54. The minimum absolute atomic E-state index is 0.0338. The van der Waals surface area contributed by atoms with Crippen molar-refractivity contribution < 1.29 is 27.7 Å². The number of nitro benzene ring substituents is 1. The summed E-state index contributed by atoms with van der Waals surface area (Å²) in [5, 5.41) is 15.2. The fraction of sp³-hybridized carbons (Fsp3) is 0.278. The molecule has 11 nitrogen and oxygen atoms in total. The van der Waals surface area contributed by atoms with Gasteiger partial charge in [0.15, 0.2) is 0 Å². The van der Waals surface area contributed by atoms with Crippen molar-refractivity contribution in [1.82, 2.24) is 10.2 Å². The molecule has 0 radical (unpaired) electrons. The van der Waals surface area contributed by atoms with Crippen LogP contribution in [0.4, 0.5) is 11.4 Å². The lowest BCUT2D eigenvalue weighted by atomic mass is 10.0. The van der Waals surface area contributed by atoms with Crippen LogP contribution in [0.5, 0.6) is 5.75 Å². The first-order valence-electron chi connectivity index (χ1n) is 15.6. The number of ether oxygens (including phenoxy) is 1.